The fourth-order valence-corrected chi connectivity index (χ4v) is 7.14. The number of H-pyrrole nitrogens is 1. The number of likely N-dealkylation sites (tertiary alicyclic amines) is 2. The molecule has 2 saturated carbocycles. The van der Waals surface area contributed by atoms with E-state index in [4.69, 9.17) is 16.6 Å². The minimum Gasteiger partial charge on any atom is -0.323 e. The normalized spacial score (nSPS) is 22.6. The molecule has 2 aliphatic carbocycles. The average Bonchev–Trinajstić information content (AvgIpc) is 3.43. The van der Waals surface area contributed by atoms with Gasteiger partial charge in [-0.05, 0) is 57.2 Å². The molecule has 1 aromatic carbocycles. The first kappa shape index (κ1) is 22.3. The summed E-state index contributed by atoms with van der Waals surface area (Å²) in [4.78, 5) is 21.7. The molecule has 0 radical (unpaired) electrons. The molecule has 10 heteroatoms. The van der Waals surface area contributed by atoms with E-state index in [-0.39, 0.29) is 22.3 Å². The first-order chi connectivity index (χ1) is 16.1. The zero-order valence-corrected chi connectivity index (χ0v) is 21.1. The molecule has 182 valence electrons. The van der Waals surface area contributed by atoms with Crippen LogP contribution in [-0.4, -0.2) is 70.9 Å². The number of aromatic nitrogens is 3. The Morgan fingerprint density at radius 3 is 2.44 bits per heavy atom. The van der Waals surface area contributed by atoms with Gasteiger partial charge in [0.2, 0.25) is 0 Å². The highest BCUT2D eigenvalue weighted by atomic mass is 35.5. The lowest BCUT2D eigenvalue weighted by molar-refractivity contribution is -0.0601. The van der Waals surface area contributed by atoms with Crippen LogP contribution in [0.1, 0.15) is 74.5 Å². The number of aromatic amines is 1. The number of sulfone groups is 1. The number of amides is 2. The summed E-state index contributed by atoms with van der Waals surface area (Å²) in [6.45, 7) is 6.17. The Morgan fingerprint density at radius 2 is 1.82 bits per heavy atom. The number of nitrogens with zero attached hydrogens (tertiary/aromatic N) is 4. The van der Waals surface area contributed by atoms with Gasteiger partial charge in [0, 0.05) is 54.4 Å². The van der Waals surface area contributed by atoms with Gasteiger partial charge in [-0.25, -0.2) is 18.2 Å². The largest absolute Gasteiger partial charge is 0.323 e. The quantitative estimate of drug-likeness (QED) is 0.666. The van der Waals surface area contributed by atoms with Gasteiger partial charge in [-0.2, -0.15) is 5.10 Å². The predicted octanol–water partition coefficient (Wildman–Crippen LogP) is 3.92. The fraction of sp³-hybridized carbons (Fsp3) is 0.625. The van der Waals surface area contributed by atoms with Gasteiger partial charge in [0.25, 0.3) is 0 Å². The van der Waals surface area contributed by atoms with Gasteiger partial charge in [-0.1, -0.05) is 17.7 Å². The maximum Gasteiger partial charge on any atom is 0.320 e. The van der Waals surface area contributed by atoms with E-state index in [1.165, 1.54) is 12.8 Å². The van der Waals surface area contributed by atoms with Crippen LogP contribution in [0.3, 0.4) is 0 Å². The molecule has 0 bridgehead atoms. The summed E-state index contributed by atoms with van der Waals surface area (Å²) in [5.74, 6) is 3.14. The van der Waals surface area contributed by atoms with Crippen LogP contribution in [0, 0.1) is 5.41 Å². The zero-order valence-electron chi connectivity index (χ0n) is 19.5. The molecule has 8 nitrogen and oxygen atoms in total. The number of benzene rings is 1. The summed E-state index contributed by atoms with van der Waals surface area (Å²) < 4.78 is 24.8. The smallest absolute Gasteiger partial charge is 0.320 e. The van der Waals surface area contributed by atoms with Crippen molar-refractivity contribution in [3.63, 3.8) is 0 Å². The van der Waals surface area contributed by atoms with Crippen molar-refractivity contribution < 1.29 is 13.2 Å². The summed E-state index contributed by atoms with van der Waals surface area (Å²) in [5.41, 5.74) is 1.15. The third kappa shape index (κ3) is 3.63. The highest BCUT2D eigenvalue weighted by molar-refractivity contribution is 7.92. The highest BCUT2D eigenvalue weighted by Gasteiger charge is 2.56. The predicted molar refractivity (Wildman–Crippen MR) is 128 cm³/mol. The molecule has 34 heavy (non-hydrogen) atoms. The van der Waals surface area contributed by atoms with Crippen LogP contribution in [-0.2, 0) is 9.84 Å². The number of carbonyl (C=O) groups is 1. The van der Waals surface area contributed by atoms with Crippen LogP contribution in [0.5, 0.6) is 0 Å². The van der Waals surface area contributed by atoms with E-state index in [1.807, 2.05) is 9.80 Å². The minimum atomic E-state index is -3.36. The molecule has 2 aliphatic heterocycles. The van der Waals surface area contributed by atoms with Crippen LogP contribution in [0.4, 0.5) is 4.79 Å². The Kier molecular flexibility index (Phi) is 5.05. The van der Waals surface area contributed by atoms with Crippen molar-refractivity contribution in [2.75, 3.05) is 26.2 Å². The van der Waals surface area contributed by atoms with Gasteiger partial charge in [0.05, 0.1) is 10.1 Å². The molecule has 4 aliphatic rings. The number of rotatable bonds is 5. The summed E-state index contributed by atoms with van der Waals surface area (Å²) in [5, 5.41) is 7.50. The molecule has 1 N–H and O–H groups in total. The molecule has 1 spiro atoms. The second kappa shape index (κ2) is 7.68. The Morgan fingerprint density at radius 1 is 1.12 bits per heavy atom. The second-order valence-corrected chi connectivity index (χ2v) is 13.9. The first-order valence-corrected chi connectivity index (χ1v) is 14.1. The number of halogens is 1. The SMILES string of the molecule is CC(C)S(=O)(=O)c1ccc(C2CN(C(=O)N3CC4(CC(c5n[nH]c(C6CC6)n5)C4)C3)C2)c(Cl)c1. The minimum absolute atomic E-state index is 0.0920. The van der Waals surface area contributed by atoms with Crippen molar-refractivity contribution in [1.29, 1.82) is 0 Å². The van der Waals surface area contributed by atoms with Crippen LogP contribution in [0.25, 0.3) is 0 Å². The van der Waals surface area contributed by atoms with Gasteiger partial charge < -0.3 is 9.80 Å². The van der Waals surface area contributed by atoms with Crippen LogP contribution >= 0.6 is 11.6 Å². The first-order valence-electron chi connectivity index (χ1n) is 12.1. The molecule has 4 fully saturated rings. The standard InChI is InChI=1S/C24H30ClN5O3S/c1-14(2)34(32,33)18-5-6-19(20(25)7-18)17-10-29(11-17)23(31)30-12-24(13-30)8-16(9-24)22-26-21(27-28-22)15-3-4-15/h5-7,14-17H,3-4,8-13H2,1-2H3,(H,26,27,28). The van der Waals surface area contributed by atoms with Gasteiger partial charge in [-0.3, -0.25) is 5.10 Å². The van der Waals surface area contributed by atoms with Crippen molar-refractivity contribution in [3.05, 3.63) is 40.4 Å². The molecule has 2 amide bonds. The topological polar surface area (TPSA) is 99.3 Å². The van der Waals surface area contributed by atoms with E-state index in [2.05, 4.69) is 10.2 Å². The van der Waals surface area contributed by atoms with Gasteiger partial charge >= 0.3 is 6.03 Å². The number of nitrogens with one attached hydrogen (secondary N) is 1. The average molecular weight is 504 g/mol. The summed E-state index contributed by atoms with van der Waals surface area (Å²) in [6, 6.07) is 5.07. The molecule has 6 rings (SSSR count). The van der Waals surface area contributed by atoms with E-state index in [0.29, 0.717) is 29.9 Å². The third-order valence-electron chi connectivity index (χ3n) is 8.04. The van der Waals surface area contributed by atoms with E-state index in [0.717, 1.165) is 43.1 Å². The van der Waals surface area contributed by atoms with Crippen LogP contribution in [0.15, 0.2) is 23.1 Å². The maximum absolute atomic E-state index is 12.9. The van der Waals surface area contributed by atoms with Crippen molar-refractivity contribution in [2.45, 2.75) is 67.4 Å². The summed E-state index contributed by atoms with van der Waals surface area (Å²) in [6.07, 6.45) is 4.55. The molecule has 1 aromatic heterocycles. The molecule has 3 heterocycles. The number of hydrogen-bond donors (Lipinski definition) is 1. The molecule has 2 aromatic rings. The Balaban J connectivity index is 0.998. The van der Waals surface area contributed by atoms with Gasteiger partial charge in [0.1, 0.15) is 5.82 Å². The van der Waals surface area contributed by atoms with E-state index in [9.17, 15) is 13.2 Å². The Labute approximate surface area is 205 Å². The van der Waals surface area contributed by atoms with Crippen molar-refractivity contribution in [3.8, 4) is 0 Å². The molecule has 0 atom stereocenters. The lowest BCUT2D eigenvalue weighted by atomic mass is 9.57. The van der Waals surface area contributed by atoms with Gasteiger partial charge in [-0.15, -0.1) is 0 Å². The summed E-state index contributed by atoms with van der Waals surface area (Å²) in [7, 11) is -3.36. The monoisotopic (exact) mass is 503 g/mol. The lowest BCUT2D eigenvalue weighted by Gasteiger charge is -2.59. The van der Waals surface area contributed by atoms with Crippen LogP contribution < -0.4 is 0 Å². The number of urea groups is 1. The lowest BCUT2D eigenvalue weighted by Crippen LogP contribution is -2.67. The van der Waals surface area contributed by atoms with Gasteiger partial charge in [0.15, 0.2) is 15.7 Å². The second-order valence-electron chi connectivity index (χ2n) is 11.0. The highest BCUT2D eigenvalue weighted by Crippen LogP contribution is 2.56. The van der Waals surface area contributed by atoms with Crippen molar-refractivity contribution >= 4 is 27.5 Å². The molecule has 0 unspecified atom stereocenters. The van der Waals surface area contributed by atoms with E-state index in [1.54, 1.807) is 32.0 Å². The van der Waals surface area contributed by atoms with Crippen molar-refractivity contribution in [2.24, 2.45) is 5.41 Å². The molecule has 2 saturated heterocycles. The Bertz CT molecular complexity index is 1240. The molecular weight excluding hydrogens is 474 g/mol. The number of hydrogen-bond acceptors (Lipinski definition) is 5. The third-order valence-corrected chi connectivity index (χ3v) is 10.5. The molecular formula is C24H30ClN5O3S. The van der Waals surface area contributed by atoms with E-state index < -0.39 is 15.1 Å². The number of carbonyl (C=O) groups excluding carboxylic acids is 1. The van der Waals surface area contributed by atoms with Crippen molar-refractivity contribution in [1.82, 2.24) is 25.0 Å². The Hall–Kier alpha value is -2.13. The zero-order chi connectivity index (χ0) is 23.8. The van der Waals surface area contributed by atoms with E-state index >= 15 is 0 Å². The fourth-order valence-electron chi connectivity index (χ4n) is 5.65. The maximum atomic E-state index is 12.9. The summed E-state index contributed by atoms with van der Waals surface area (Å²) >= 11 is 6.44. The van der Waals surface area contributed by atoms with Crippen LogP contribution in [0.2, 0.25) is 5.02 Å².